The number of nitrogens with zero attached hydrogens (tertiary/aromatic N) is 1. The van der Waals surface area contributed by atoms with E-state index in [-0.39, 0.29) is 12.0 Å². The lowest BCUT2D eigenvalue weighted by Gasteiger charge is -2.35. The molecule has 1 aliphatic rings. The molecular weight excluding hydrogens is 266 g/mol. The zero-order valence-corrected chi connectivity index (χ0v) is 13.2. The van der Waals surface area contributed by atoms with Gasteiger partial charge in [-0.2, -0.15) is 0 Å². The molecule has 116 valence electrons. The summed E-state index contributed by atoms with van der Waals surface area (Å²) in [5.74, 6) is 0.274. The van der Waals surface area contributed by atoms with Gasteiger partial charge in [-0.15, -0.1) is 0 Å². The highest BCUT2D eigenvalue weighted by molar-refractivity contribution is 5.66. The minimum absolute atomic E-state index is 0.0186. The van der Waals surface area contributed by atoms with E-state index in [0.29, 0.717) is 6.54 Å². The summed E-state index contributed by atoms with van der Waals surface area (Å²) in [5, 5.41) is 8.88. The molecule has 21 heavy (non-hydrogen) atoms. The first-order valence-electron chi connectivity index (χ1n) is 7.58. The lowest BCUT2D eigenvalue weighted by Crippen LogP contribution is -2.43. The van der Waals surface area contributed by atoms with E-state index in [2.05, 4.69) is 43.9 Å². The summed E-state index contributed by atoms with van der Waals surface area (Å²) >= 11 is 0. The highest BCUT2D eigenvalue weighted by Gasteiger charge is 2.21. The Balaban J connectivity index is 1.96. The molecule has 0 unspecified atom stereocenters. The number of ether oxygens (including phenoxy) is 1. The van der Waals surface area contributed by atoms with Crippen molar-refractivity contribution in [2.75, 3.05) is 19.7 Å². The molecule has 0 saturated heterocycles. The van der Waals surface area contributed by atoms with Crippen molar-refractivity contribution < 1.29 is 14.6 Å². The maximum Gasteiger partial charge on any atom is 0.304 e. The van der Waals surface area contributed by atoms with Gasteiger partial charge >= 0.3 is 5.97 Å². The molecule has 1 aromatic rings. The third-order valence-corrected chi connectivity index (χ3v) is 3.97. The van der Waals surface area contributed by atoms with Gasteiger partial charge < -0.3 is 9.84 Å². The molecule has 1 aliphatic heterocycles. The zero-order valence-electron chi connectivity index (χ0n) is 13.2. The van der Waals surface area contributed by atoms with Gasteiger partial charge in [0.1, 0.15) is 5.75 Å². The van der Waals surface area contributed by atoms with Gasteiger partial charge in [0, 0.05) is 25.0 Å². The van der Waals surface area contributed by atoms with E-state index >= 15 is 0 Å². The van der Waals surface area contributed by atoms with Crippen molar-refractivity contribution in [2.45, 2.75) is 45.6 Å². The lowest BCUT2D eigenvalue weighted by molar-refractivity contribution is -0.137. The molecule has 4 heteroatoms. The summed E-state index contributed by atoms with van der Waals surface area (Å²) in [6.45, 7) is 8.64. The van der Waals surface area contributed by atoms with Crippen LogP contribution in [0.4, 0.5) is 0 Å². The SMILES string of the molecule is CC(C)(C)N(CCC(=O)O)CCc1ccc2c(c1)CCO2. The summed E-state index contributed by atoms with van der Waals surface area (Å²) in [6, 6.07) is 6.39. The Hall–Kier alpha value is -1.55. The lowest BCUT2D eigenvalue weighted by atomic mass is 10.0. The van der Waals surface area contributed by atoms with Crippen LogP contribution in [0.5, 0.6) is 5.75 Å². The van der Waals surface area contributed by atoms with Crippen molar-refractivity contribution in [3.05, 3.63) is 29.3 Å². The monoisotopic (exact) mass is 291 g/mol. The van der Waals surface area contributed by atoms with E-state index in [1.807, 2.05) is 0 Å². The fourth-order valence-electron chi connectivity index (χ4n) is 2.67. The van der Waals surface area contributed by atoms with Crippen LogP contribution in [-0.2, 0) is 17.6 Å². The number of carboxylic acid groups (broad SMARTS) is 1. The van der Waals surface area contributed by atoms with Crippen molar-refractivity contribution in [1.29, 1.82) is 0 Å². The van der Waals surface area contributed by atoms with Crippen LogP contribution < -0.4 is 4.74 Å². The van der Waals surface area contributed by atoms with E-state index in [1.54, 1.807) is 0 Å². The quantitative estimate of drug-likeness (QED) is 0.875. The number of hydrogen-bond donors (Lipinski definition) is 1. The Labute approximate surface area is 126 Å². The third-order valence-electron chi connectivity index (χ3n) is 3.97. The predicted octanol–water partition coefficient (Wildman–Crippen LogP) is 2.74. The maximum atomic E-state index is 10.8. The molecule has 0 radical (unpaired) electrons. The first-order valence-corrected chi connectivity index (χ1v) is 7.58. The van der Waals surface area contributed by atoms with E-state index in [4.69, 9.17) is 9.84 Å². The van der Waals surface area contributed by atoms with Gasteiger partial charge in [0.05, 0.1) is 13.0 Å². The van der Waals surface area contributed by atoms with Crippen molar-refractivity contribution in [3.8, 4) is 5.75 Å². The van der Waals surface area contributed by atoms with Crippen LogP contribution in [0.1, 0.15) is 38.3 Å². The highest BCUT2D eigenvalue weighted by Crippen LogP contribution is 2.26. The summed E-state index contributed by atoms with van der Waals surface area (Å²) in [7, 11) is 0. The Kier molecular flexibility index (Phi) is 4.88. The van der Waals surface area contributed by atoms with Crippen LogP contribution >= 0.6 is 0 Å². The molecule has 0 bridgehead atoms. The second-order valence-corrected chi connectivity index (χ2v) is 6.59. The Morgan fingerprint density at radius 2 is 2.10 bits per heavy atom. The number of rotatable bonds is 6. The number of fused-ring (bicyclic) bond motifs is 1. The van der Waals surface area contributed by atoms with Crippen LogP contribution in [0.3, 0.4) is 0 Å². The summed E-state index contributed by atoms with van der Waals surface area (Å²) in [5.41, 5.74) is 2.57. The van der Waals surface area contributed by atoms with Crippen LogP contribution in [-0.4, -0.2) is 41.2 Å². The summed E-state index contributed by atoms with van der Waals surface area (Å²) < 4.78 is 5.52. The van der Waals surface area contributed by atoms with Crippen LogP contribution in [0.25, 0.3) is 0 Å². The fourth-order valence-corrected chi connectivity index (χ4v) is 2.67. The molecule has 1 N–H and O–H groups in total. The van der Waals surface area contributed by atoms with Crippen molar-refractivity contribution in [1.82, 2.24) is 4.90 Å². The molecule has 4 nitrogen and oxygen atoms in total. The van der Waals surface area contributed by atoms with Gasteiger partial charge in [-0.25, -0.2) is 0 Å². The van der Waals surface area contributed by atoms with Gasteiger partial charge in [-0.05, 0) is 44.4 Å². The number of hydrogen-bond acceptors (Lipinski definition) is 3. The Morgan fingerprint density at radius 3 is 2.76 bits per heavy atom. The maximum absolute atomic E-state index is 10.8. The smallest absolute Gasteiger partial charge is 0.304 e. The molecule has 1 aromatic carbocycles. The largest absolute Gasteiger partial charge is 0.493 e. The molecule has 0 atom stereocenters. The molecule has 0 spiro atoms. The molecule has 0 fully saturated rings. The molecule has 0 amide bonds. The van der Waals surface area contributed by atoms with E-state index in [1.165, 1.54) is 11.1 Å². The van der Waals surface area contributed by atoms with E-state index < -0.39 is 5.97 Å². The third kappa shape index (κ3) is 4.46. The number of carbonyl (C=O) groups is 1. The Bertz CT molecular complexity index is 505. The molecule has 0 saturated carbocycles. The number of benzene rings is 1. The van der Waals surface area contributed by atoms with Crippen LogP contribution in [0.15, 0.2) is 18.2 Å². The van der Waals surface area contributed by atoms with Gasteiger partial charge in [0.15, 0.2) is 0 Å². The van der Waals surface area contributed by atoms with Gasteiger partial charge in [0.25, 0.3) is 0 Å². The normalized spacial score (nSPS) is 14.1. The zero-order chi connectivity index (χ0) is 15.5. The van der Waals surface area contributed by atoms with E-state index in [0.717, 1.165) is 31.7 Å². The van der Waals surface area contributed by atoms with Gasteiger partial charge in [-0.1, -0.05) is 12.1 Å². The van der Waals surface area contributed by atoms with Crippen LogP contribution in [0, 0.1) is 0 Å². The summed E-state index contributed by atoms with van der Waals surface area (Å²) in [4.78, 5) is 13.0. The van der Waals surface area contributed by atoms with Crippen molar-refractivity contribution in [2.24, 2.45) is 0 Å². The molecular formula is C17H25NO3. The fraction of sp³-hybridized carbons (Fsp3) is 0.588. The van der Waals surface area contributed by atoms with Crippen molar-refractivity contribution >= 4 is 5.97 Å². The van der Waals surface area contributed by atoms with Gasteiger partial charge in [0.2, 0.25) is 0 Å². The first-order chi connectivity index (χ1) is 9.86. The van der Waals surface area contributed by atoms with Crippen LogP contribution in [0.2, 0.25) is 0 Å². The average Bonchev–Trinajstić information content (AvgIpc) is 2.84. The summed E-state index contributed by atoms with van der Waals surface area (Å²) in [6.07, 6.45) is 2.12. The number of aliphatic carboxylic acids is 1. The standard InChI is InChI=1S/C17H25NO3/c1-17(2,3)18(10-7-16(19)20)9-6-13-4-5-15-14(12-13)8-11-21-15/h4-5,12H,6-11H2,1-3H3,(H,19,20). The predicted molar refractivity (Wildman–Crippen MR) is 82.9 cm³/mol. The number of carboxylic acids is 1. The second-order valence-electron chi connectivity index (χ2n) is 6.59. The van der Waals surface area contributed by atoms with Gasteiger partial charge in [-0.3, -0.25) is 9.69 Å². The first kappa shape index (κ1) is 15.8. The van der Waals surface area contributed by atoms with E-state index in [9.17, 15) is 4.79 Å². The van der Waals surface area contributed by atoms with Crippen molar-refractivity contribution in [3.63, 3.8) is 0 Å². The Morgan fingerprint density at radius 1 is 1.33 bits per heavy atom. The average molecular weight is 291 g/mol. The highest BCUT2D eigenvalue weighted by atomic mass is 16.5. The minimum atomic E-state index is -0.737. The minimum Gasteiger partial charge on any atom is -0.493 e. The topological polar surface area (TPSA) is 49.8 Å². The second kappa shape index (κ2) is 6.48. The molecule has 2 rings (SSSR count). The molecule has 1 heterocycles. The molecule has 0 aliphatic carbocycles. The molecule has 0 aromatic heterocycles.